The fraction of sp³-hybridized carbons (Fsp3) is 0.923. The summed E-state index contributed by atoms with van der Waals surface area (Å²) in [5.41, 5.74) is 1.91. The molecule has 0 aromatic rings. The molecule has 0 saturated heterocycles. The van der Waals surface area contributed by atoms with Gasteiger partial charge in [0, 0.05) is 0 Å². The predicted molar refractivity (Wildman–Crippen MR) is 116 cm³/mol. The Morgan fingerprint density at radius 2 is 1.86 bits per heavy atom. The van der Waals surface area contributed by atoms with Crippen LogP contribution < -0.4 is 0 Å². The summed E-state index contributed by atoms with van der Waals surface area (Å²) in [6.45, 7) is 11.5. The standard InChI is InChI=1S/C26H44O2/c1-17(10-13-24(2,3)28)21-8-9-22-20-7-6-18-16-19(27)11-14-25(18,4)23(20)12-15-26(21,22)5/h6,17,19-23,27-28H,7-16H2,1-5H3/t17?,19-,20-,21+,22-,23-,25-,26+/m0/s1. The Balaban J connectivity index is 1.52. The van der Waals surface area contributed by atoms with Gasteiger partial charge in [0.25, 0.3) is 0 Å². The first-order chi connectivity index (χ1) is 13.0. The molecule has 8 atom stereocenters. The molecule has 2 N–H and O–H groups in total. The topological polar surface area (TPSA) is 40.5 Å². The maximum Gasteiger partial charge on any atom is 0.0591 e. The smallest absolute Gasteiger partial charge is 0.0591 e. The molecule has 0 aromatic carbocycles. The van der Waals surface area contributed by atoms with Crippen molar-refractivity contribution in [2.75, 3.05) is 0 Å². The number of allylic oxidation sites excluding steroid dienone is 1. The van der Waals surface area contributed by atoms with Crippen molar-refractivity contribution < 1.29 is 10.2 Å². The minimum atomic E-state index is -0.532. The highest BCUT2D eigenvalue weighted by molar-refractivity contribution is 5.25. The summed E-state index contributed by atoms with van der Waals surface area (Å²) in [5, 5.41) is 20.4. The third kappa shape index (κ3) is 3.41. The van der Waals surface area contributed by atoms with Crippen LogP contribution in [0.3, 0.4) is 0 Å². The Morgan fingerprint density at radius 1 is 1.11 bits per heavy atom. The zero-order valence-electron chi connectivity index (χ0n) is 19.0. The van der Waals surface area contributed by atoms with E-state index < -0.39 is 5.60 Å². The fourth-order valence-corrected chi connectivity index (χ4v) is 8.40. The van der Waals surface area contributed by atoms with E-state index >= 15 is 0 Å². The highest BCUT2D eigenvalue weighted by atomic mass is 16.3. The Hall–Kier alpha value is -0.340. The van der Waals surface area contributed by atoms with Gasteiger partial charge in [-0.05, 0) is 118 Å². The third-order valence-corrected chi connectivity index (χ3v) is 10.0. The van der Waals surface area contributed by atoms with Gasteiger partial charge in [0.2, 0.25) is 0 Å². The maximum absolute atomic E-state index is 10.2. The quantitative estimate of drug-likeness (QED) is 0.570. The lowest BCUT2D eigenvalue weighted by Crippen LogP contribution is -2.50. The molecule has 3 saturated carbocycles. The lowest BCUT2D eigenvalue weighted by atomic mass is 9.47. The minimum absolute atomic E-state index is 0.0998. The van der Waals surface area contributed by atoms with Crippen molar-refractivity contribution in [3.05, 3.63) is 11.6 Å². The largest absolute Gasteiger partial charge is 0.393 e. The van der Waals surface area contributed by atoms with Crippen molar-refractivity contribution in [2.24, 2.45) is 40.4 Å². The Morgan fingerprint density at radius 3 is 2.57 bits per heavy atom. The van der Waals surface area contributed by atoms with Crippen molar-refractivity contribution in [3.63, 3.8) is 0 Å². The number of aliphatic hydroxyl groups is 2. The number of hydrogen-bond donors (Lipinski definition) is 2. The summed E-state index contributed by atoms with van der Waals surface area (Å²) in [7, 11) is 0. The van der Waals surface area contributed by atoms with E-state index in [1.54, 1.807) is 5.57 Å². The molecule has 28 heavy (non-hydrogen) atoms. The number of hydrogen-bond acceptors (Lipinski definition) is 2. The van der Waals surface area contributed by atoms with Crippen LogP contribution >= 0.6 is 0 Å². The van der Waals surface area contributed by atoms with Gasteiger partial charge < -0.3 is 10.2 Å². The van der Waals surface area contributed by atoms with Crippen molar-refractivity contribution in [3.8, 4) is 0 Å². The molecule has 1 unspecified atom stereocenters. The van der Waals surface area contributed by atoms with Gasteiger partial charge in [0.05, 0.1) is 11.7 Å². The fourth-order valence-electron chi connectivity index (χ4n) is 8.40. The molecular formula is C26H44O2. The van der Waals surface area contributed by atoms with Crippen LogP contribution in [0.5, 0.6) is 0 Å². The summed E-state index contributed by atoms with van der Waals surface area (Å²) < 4.78 is 0. The second kappa shape index (κ2) is 7.12. The predicted octanol–water partition coefficient (Wildman–Crippen LogP) is 6.11. The Kier molecular flexibility index (Phi) is 5.32. The summed E-state index contributed by atoms with van der Waals surface area (Å²) in [6, 6.07) is 0. The number of fused-ring (bicyclic) bond motifs is 5. The van der Waals surface area contributed by atoms with Gasteiger partial charge in [-0.2, -0.15) is 0 Å². The molecule has 2 heteroatoms. The van der Waals surface area contributed by atoms with E-state index in [-0.39, 0.29) is 6.10 Å². The Labute approximate surface area is 173 Å². The van der Waals surface area contributed by atoms with Crippen LogP contribution in [0, 0.1) is 40.4 Å². The van der Waals surface area contributed by atoms with Gasteiger partial charge in [-0.25, -0.2) is 0 Å². The van der Waals surface area contributed by atoms with E-state index in [0.29, 0.717) is 16.7 Å². The average molecular weight is 389 g/mol. The molecule has 0 aliphatic heterocycles. The van der Waals surface area contributed by atoms with Crippen LogP contribution in [0.4, 0.5) is 0 Å². The molecule has 0 aromatic heterocycles. The number of rotatable bonds is 4. The first kappa shape index (κ1) is 20.9. The first-order valence-corrected chi connectivity index (χ1v) is 12.1. The lowest BCUT2D eigenvalue weighted by molar-refractivity contribution is -0.0585. The molecule has 0 heterocycles. The van der Waals surface area contributed by atoms with Crippen molar-refractivity contribution in [1.29, 1.82) is 0 Å². The van der Waals surface area contributed by atoms with Crippen LogP contribution in [0.2, 0.25) is 0 Å². The first-order valence-electron chi connectivity index (χ1n) is 12.1. The van der Waals surface area contributed by atoms with Crippen molar-refractivity contribution in [2.45, 2.75) is 111 Å². The van der Waals surface area contributed by atoms with E-state index in [2.05, 4.69) is 26.8 Å². The third-order valence-electron chi connectivity index (χ3n) is 10.0. The summed E-state index contributed by atoms with van der Waals surface area (Å²) in [6.07, 6.45) is 14.5. The van der Waals surface area contributed by atoms with Gasteiger partial charge in [-0.3, -0.25) is 0 Å². The molecular weight excluding hydrogens is 344 g/mol. The SMILES string of the molecule is CC(CCC(C)(C)O)[C@H]1CC[C@H]2[C@@H]3CC=C4C[C@@H](O)CC[C@]4(C)[C@H]3CC[C@]12C. The molecule has 3 fully saturated rings. The molecule has 0 bridgehead atoms. The highest BCUT2D eigenvalue weighted by Crippen LogP contribution is 2.67. The van der Waals surface area contributed by atoms with Crippen LogP contribution in [0.15, 0.2) is 11.6 Å². The molecule has 2 nitrogen and oxygen atoms in total. The molecule has 0 amide bonds. The average Bonchev–Trinajstić information content (AvgIpc) is 2.97. The summed E-state index contributed by atoms with van der Waals surface area (Å²) in [4.78, 5) is 0. The van der Waals surface area contributed by atoms with E-state index in [1.807, 2.05) is 13.8 Å². The monoisotopic (exact) mass is 388 g/mol. The van der Waals surface area contributed by atoms with Crippen LogP contribution in [-0.4, -0.2) is 21.9 Å². The minimum Gasteiger partial charge on any atom is -0.393 e. The second-order valence-electron chi connectivity index (χ2n) is 12.2. The Bertz CT molecular complexity index is 616. The second-order valence-corrected chi connectivity index (χ2v) is 12.2. The van der Waals surface area contributed by atoms with Gasteiger partial charge in [-0.15, -0.1) is 0 Å². The van der Waals surface area contributed by atoms with Crippen LogP contribution in [0.25, 0.3) is 0 Å². The van der Waals surface area contributed by atoms with Crippen LogP contribution in [-0.2, 0) is 0 Å². The van der Waals surface area contributed by atoms with Gasteiger partial charge in [0.15, 0.2) is 0 Å². The van der Waals surface area contributed by atoms with Gasteiger partial charge in [0.1, 0.15) is 0 Å². The van der Waals surface area contributed by atoms with E-state index in [0.717, 1.165) is 49.4 Å². The van der Waals surface area contributed by atoms with Crippen molar-refractivity contribution >= 4 is 0 Å². The maximum atomic E-state index is 10.2. The molecule has 160 valence electrons. The van der Waals surface area contributed by atoms with Gasteiger partial charge >= 0.3 is 0 Å². The molecule has 4 rings (SSSR count). The zero-order valence-corrected chi connectivity index (χ0v) is 19.0. The number of aliphatic hydroxyl groups excluding tert-OH is 1. The highest BCUT2D eigenvalue weighted by Gasteiger charge is 2.59. The molecule has 4 aliphatic rings. The summed E-state index contributed by atoms with van der Waals surface area (Å²) >= 11 is 0. The van der Waals surface area contributed by atoms with E-state index in [9.17, 15) is 10.2 Å². The van der Waals surface area contributed by atoms with E-state index in [4.69, 9.17) is 0 Å². The lowest BCUT2D eigenvalue weighted by Gasteiger charge is -2.58. The normalized spacial score (nSPS) is 47.0. The zero-order chi connectivity index (χ0) is 20.3. The van der Waals surface area contributed by atoms with Gasteiger partial charge in [-0.1, -0.05) is 32.4 Å². The van der Waals surface area contributed by atoms with E-state index in [1.165, 1.54) is 38.5 Å². The van der Waals surface area contributed by atoms with Crippen LogP contribution in [0.1, 0.15) is 98.8 Å². The molecule has 0 radical (unpaired) electrons. The van der Waals surface area contributed by atoms with Crippen molar-refractivity contribution in [1.82, 2.24) is 0 Å². The summed E-state index contributed by atoms with van der Waals surface area (Å²) in [5.74, 6) is 4.11. The molecule has 4 aliphatic carbocycles. The molecule has 0 spiro atoms.